The van der Waals surface area contributed by atoms with Crippen LogP contribution in [0.4, 0.5) is 0 Å². The molecule has 0 saturated carbocycles. The minimum atomic E-state index is -0.422. The van der Waals surface area contributed by atoms with Gasteiger partial charge in [-0.05, 0) is 69.8 Å². The van der Waals surface area contributed by atoms with E-state index in [0.29, 0.717) is 17.5 Å². The predicted octanol–water partition coefficient (Wildman–Crippen LogP) is 11.2. The van der Waals surface area contributed by atoms with Crippen molar-refractivity contribution in [1.82, 2.24) is 19.5 Å². The summed E-state index contributed by atoms with van der Waals surface area (Å²) >= 11 is 0. The first-order chi connectivity index (χ1) is 25.8. The summed E-state index contributed by atoms with van der Waals surface area (Å²) in [5.41, 5.74) is 12.4. The average Bonchev–Trinajstić information content (AvgIpc) is 3.80. The van der Waals surface area contributed by atoms with Gasteiger partial charge in [0.05, 0.1) is 10.9 Å². The molecule has 0 spiro atoms. The van der Waals surface area contributed by atoms with Gasteiger partial charge in [0.15, 0.2) is 17.5 Å². The Labute approximate surface area is 302 Å². The van der Waals surface area contributed by atoms with Crippen LogP contribution >= 0.6 is 0 Å². The molecule has 0 N–H and O–H groups in total. The Kier molecular flexibility index (Phi) is 7.00. The molecule has 4 heteroatoms. The van der Waals surface area contributed by atoms with Gasteiger partial charge in [-0.25, -0.2) is 15.0 Å². The molecule has 0 amide bonds. The quantitative estimate of drug-likeness (QED) is 0.178. The first kappa shape index (κ1) is 30.0. The summed E-state index contributed by atoms with van der Waals surface area (Å²) < 4.78 is 2.28. The van der Waals surface area contributed by atoms with E-state index in [1.54, 1.807) is 0 Å². The highest BCUT2D eigenvalue weighted by atomic mass is 15.0. The van der Waals surface area contributed by atoms with Crippen LogP contribution in [0.15, 0.2) is 194 Å². The van der Waals surface area contributed by atoms with E-state index in [9.17, 15) is 0 Å². The summed E-state index contributed by atoms with van der Waals surface area (Å²) in [7, 11) is 0. The summed E-state index contributed by atoms with van der Waals surface area (Å²) in [6, 6.07) is 66.5. The topological polar surface area (TPSA) is 43.6 Å². The fourth-order valence-electron chi connectivity index (χ4n) is 8.09. The van der Waals surface area contributed by atoms with E-state index in [2.05, 4.69) is 138 Å². The first-order valence-electron chi connectivity index (χ1n) is 17.6. The Morgan fingerprint density at radius 2 is 0.865 bits per heavy atom. The van der Waals surface area contributed by atoms with Crippen molar-refractivity contribution in [2.24, 2.45) is 0 Å². The number of aromatic nitrogens is 4. The summed E-state index contributed by atoms with van der Waals surface area (Å²) in [5, 5.41) is 1.24. The lowest BCUT2D eigenvalue weighted by atomic mass is 9.67. The molecule has 244 valence electrons. The van der Waals surface area contributed by atoms with Gasteiger partial charge >= 0.3 is 0 Å². The molecule has 0 atom stereocenters. The second kappa shape index (κ2) is 12.1. The number of hydrogen-bond acceptors (Lipinski definition) is 3. The molecule has 4 nitrogen and oxygen atoms in total. The van der Waals surface area contributed by atoms with E-state index in [4.69, 9.17) is 15.0 Å². The molecule has 10 rings (SSSR count). The SMILES string of the molecule is c1ccc(-c2nc(-c3ccccc3)nc(-c3ccc(-n4ccc5c6c(ccc54)C(c4ccccc4)(c4ccccc4)c4ccccc4-6)cc3)n2)cc1. The third-order valence-electron chi connectivity index (χ3n) is 10.4. The third kappa shape index (κ3) is 4.65. The van der Waals surface area contributed by atoms with Gasteiger partial charge in [0.1, 0.15) is 0 Å². The van der Waals surface area contributed by atoms with Crippen LogP contribution in [0.25, 0.3) is 61.9 Å². The smallest absolute Gasteiger partial charge is 0.164 e. The standard InChI is InChI=1S/C48H32N4/c1-5-15-33(16-6-1)45-49-46(34-17-7-2-8-18-34)51-47(50-45)35-25-27-38(28-26-35)52-32-31-40-43(52)30-29-42-44(40)39-23-13-14-24-41(39)48(42,36-19-9-3-10-20-36)37-21-11-4-12-22-37/h1-32H. The zero-order valence-corrected chi connectivity index (χ0v) is 28.3. The van der Waals surface area contributed by atoms with Crippen molar-refractivity contribution in [2.75, 3.05) is 0 Å². The zero-order chi connectivity index (χ0) is 34.5. The van der Waals surface area contributed by atoms with Crippen LogP contribution in [0.3, 0.4) is 0 Å². The molecular weight excluding hydrogens is 633 g/mol. The van der Waals surface area contributed by atoms with Gasteiger partial charge in [0, 0.05) is 34.0 Å². The molecule has 1 aliphatic carbocycles. The van der Waals surface area contributed by atoms with Gasteiger partial charge in [-0.2, -0.15) is 0 Å². The lowest BCUT2D eigenvalue weighted by Gasteiger charge is -2.33. The number of rotatable bonds is 6. The Hall–Kier alpha value is -6.91. The van der Waals surface area contributed by atoms with Crippen molar-refractivity contribution in [3.05, 3.63) is 217 Å². The fourth-order valence-corrected chi connectivity index (χ4v) is 8.09. The normalized spacial score (nSPS) is 12.8. The minimum Gasteiger partial charge on any atom is -0.317 e. The molecule has 2 aromatic heterocycles. The molecule has 1 aliphatic rings. The molecule has 52 heavy (non-hydrogen) atoms. The third-order valence-corrected chi connectivity index (χ3v) is 10.4. The maximum absolute atomic E-state index is 4.94. The van der Waals surface area contributed by atoms with Crippen LogP contribution in [0.2, 0.25) is 0 Å². The molecular formula is C48H32N4. The maximum Gasteiger partial charge on any atom is 0.164 e. The number of benzene rings is 7. The van der Waals surface area contributed by atoms with Gasteiger partial charge in [-0.1, -0.05) is 152 Å². The monoisotopic (exact) mass is 664 g/mol. The fraction of sp³-hybridized carbons (Fsp3) is 0.0208. The van der Waals surface area contributed by atoms with Crippen LogP contribution in [-0.4, -0.2) is 19.5 Å². The van der Waals surface area contributed by atoms with Gasteiger partial charge < -0.3 is 4.57 Å². The number of fused-ring (bicyclic) bond motifs is 5. The molecule has 0 aliphatic heterocycles. The van der Waals surface area contributed by atoms with Gasteiger partial charge in [-0.3, -0.25) is 0 Å². The van der Waals surface area contributed by atoms with Crippen molar-refractivity contribution in [1.29, 1.82) is 0 Å². The molecule has 0 unspecified atom stereocenters. The number of nitrogens with zero attached hydrogens (tertiary/aromatic N) is 4. The Bertz CT molecular complexity index is 2600. The Balaban J connectivity index is 1.10. The molecule has 9 aromatic rings. The largest absolute Gasteiger partial charge is 0.317 e. The van der Waals surface area contributed by atoms with E-state index < -0.39 is 5.41 Å². The van der Waals surface area contributed by atoms with Crippen LogP contribution < -0.4 is 0 Å². The van der Waals surface area contributed by atoms with Crippen molar-refractivity contribution >= 4 is 10.9 Å². The molecule has 2 heterocycles. The zero-order valence-electron chi connectivity index (χ0n) is 28.3. The lowest BCUT2D eigenvalue weighted by molar-refractivity contribution is 0.769. The van der Waals surface area contributed by atoms with Crippen molar-refractivity contribution in [3.63, 3.8) is 0 Å². The highest BCUT2D eigenvalue weighted by Crippen LogP contribution is 2.57. The molecule has 0 fully saturated rings. The summed E-state index contributed by atoms with van der Waals surface area (Å²) in [6.07, 6.45) is 2.19. The molecule has 7 aromatic carbocycles. The summed E-state index contributed by atoms with van der Waals surface area (Å²) in [6.45, 7) is 0. The van der Waals surface area contributed by atoms with Gasteiger partial charge in [-0.15, -0.1) is 0 Å². The van der Waals surface area contributed by atoms with Gasteiger partial charge in [0.25, 0.3) is 0 Å². The predicted molar refractivity (Wildman–Crippen MR) is 210 cm³/mol. The average molecular weight is 665 g/mol. The van der Waals surface area contributed by atoms with Crippen LogP contribution in [0.1, 0.15) is 22.3 Å². The minimum absolute atomic E-state index is 0.422. The van der Waals surface area contributed by atoms with E-state index in [1.807, 2.05) is 60.7 Å². The summed E-state index contributed by atoms with van der Waals surface area (Å²) in [5.74, 6) is 1.95. The van der Waals surface area contributed by atoms with Crippen molar-refractivity contribution < 1.29 is 0 Å². The maximum atomic E-state index is 4.94. The molecule has 0 radical (unpaired) electrons. The Morgan fingerprint density at radius 1 is 0.385 bits per heavy atom. The number of hydrogen-bond donors (Lipinski definition) is 0. The van der Waals surface area contributed by atoms with Crippen LogP contribution in [0.5, 0.6) is 0 Å². The van der Waals surface area contributed by atoms with Crippen LogP contribution in [-0.2, 0) is 5.41 Å². The highest BCUT2D eigenvalue weighted by Gasteiger charge is 2.46. The van der Waals surface area contributed by atoms with Crippen molar-refractivity contribution in [3.8, 4) is 51.0 Å². The lowest BCUT2D eigenvalue weighted by Crippen LogP contribution is -2.28. The van der Waals surface area contributed by atoms with E-state index >= 15 is 0 Å². The first-order valence-corrected chi connectivity index (χ1v) is 17.6. The van der Waals surface area contributed by atoms with Gasteiger partial charge in [0.2, 0.25) is 0 Å². The van der Waals surface area contributed by atoms with Crippen molar-refractivity contribution in [2.45, 2.75) is 5.41 Å². The second-order valence-corrected chi connectivity index (χ2v) is 13.2. The second-order valence-electron chi connectivity index (χ2n) is 13.2. The van der Waals surface area contributed by atoms with Crippen LogP contribution in [0, 0.1) is 0 Å². The van der Waals surface area contributed by atoms with E-state index in [-0.39, 0.29) is 0 Å². The molecule has 0 saturated heterocycles. The highest BCUT2D eigenvalue weighted by molar-refractivity contribution is 6.03. The molecule has 0 bridgehead atoms. The summed E-state index contributed by atoms with van der Waals surface area (Å²) in [4.78, 5) is 14.7. The Morgan fingerprint density at radius 3 is 1.42 bits per heavy atom. The van der Waals surface area contributed by atoms with E-state index in [0.717, 1.165) is 27.9 Å². The van der Waals surface area contributed by atoms with E-state index in [1.165, 1.54) is 38.8 Å².